The first-order valence-electron chi connectivity index (χ1n) is 11.7. The number of nitrogens with zero attached hydrogens (tertiary/aromatic N) is 5. The fourth-order valence-corrected chi connectivity index (χ4v) is 5.26. The first-order chi connectivity index (χ1) is 17.0. The van der Waals surface area contributed by atoms with E-state index in [4.69, 9.17) is 0 Å². The summed E-state index contributed by atoms with van der Waals surface area (Å²) in [6.07, 6.45) is 12.8. The van der Waals surface area contributed by atoms with Crippen LogP contribution in [0.3, 0.4) is 0 Å². The molecule has 1 amide bonds. The fourth-order valence-electron chi connectivity index (χ4n) is 4.48. The molecule has 2 fully saturated rings. The lowest BCUT2D eigenvalue weighted by Crippen LogP contribution is -2.28. The Morgan fingerprint density at radius 2 is 2.06 bits per heavy atom. The molecule has 3 atom stereocenters. The molecule has 0 aliphatic carbocycles. The number of amides is 1. The summed E-state index contributed by atoms with van der Waals surface area (Å²) in [6, 6.07) is 7.53. The molecule has 184 valence electrons. The highest BCUT2D eigenvalue weighted by atomic mass is 32.2. The Balaban J connectivity index is 1.22. The molecule has 3 aliphatic heterocycles. The Hall–Kier alpha value is -3.28. The maximum Gasteiger partial charge on any atom is 0.248 e. The monoisotopic (exact) mass is 494 g/mol. The van der Waals surface area contributed by atoms with Crippen LogP contribution in [-0.4, -0.2) is 74.1 Å². The van der Waals surface area contributed by atoms with Crippen molar-refractivity contribution in [1.29, 1.82) is 0 Å². The predicted molar refractivity (Wildman–Crippen MR) is 139 cm³/mol. The fraction of sp³-hybridized carbons (Fsp3) is 0.375. The summed E-state index contributed by atoms with van der Waals surface area (Å²) in [5.41, 5.74) is 2.39. The predicted octanol–water partition coefficient (Wildman–Crippen LogP) is 2.13. The van der Waals surface area contributed by atoms with E-state index in [1.807, 2.05) is 43.6 Å². The second-order valence-corrected chi connectivity index (χ2v) is 10.3. The van der Waals surface area contributed by atoms with E-state index in [1.165, 1.54) is 12.8 Å². The van der Waals surface area contributed by atoms with Crippen LogP contribution in [-0.2, 0) is 23.0 Å². The number of likely N-dealkylation sites (tertiary alicyclic amines) is 1. The van der Waals surface area contributed by atoms with Crippen molar-refractivity contribution in [3.05, 3.63) is 59.9 Å². The summed E-state index contributed by atoms with van der Waals surface area (Å²) in [7, 11) is 1.85. The van der Waals surface area contributed by atoms with Crippen LogP contribution >= 0.6 is 0 Å². The summed E-state index contributed by atoms with van der Waals surface area (Å²) in [5, 5.41) is 13.9. The zero-order chi connectivity index (χ0) is 24.4. The van der Waals surface area contributed by atoms with Crippen LogP contribution in [0, 0.1) is 0 Å². The topological polar surface area (TPSA) is 113 Å². The molecule has 1 aromatic carbocycles. The first-order valence-corrected chi connectivity index (χ1v) is 13.3. The van der Waals surface area contributed by atoms with Gasteiger partial charge < -0.3 is 25.4 Å². The van der Waals surface area contributed by atoms with E-state index in [9.17, 15) is 9.35 Å². The Morgan fingerprint density at radius 3 is 2.80 bits per heavy atom. The molecule has 0 radical (unpaired) electrons. The van der Waals surface area contributed by atoms with Crippen LogP contribution in [0.2, 0.25) is 0 Å². The molecule has 1 aromatic heterocycles. The van der Waals surface area contributed by atoms with E-state index >= 15 is 0 Å². The zero-order valence-corrected chi connectivity index (χ0v) is 20.7. The molecule has 35 heavy (non-hydrogen) atoms. The minimum Gasteiger partial charge on any atom is -0.612 e. The summed E-state index contributed by atoms with van der Waals surface area (Å²) >= 11 is -1.13. The number of aromatic nitrogens is 2. The highest BCUT2D eigenvalue weighted by molar-refractivity contribution is 7.94. The number of rotatable bonds is 8. The highest BCUT2D eigenvalue weighted by Crippen LogP contribution is 2.40. The maximum atomic E-state index is 12.4. The first kappa shape index (κ1) is 23.5. The van der Waals surface area contributed by atoms with E-state index in [-0.39, 0.29) is 18.1 Å². The summed E-state index contributed by atoms with van der Waals surface area (Å²) in [4.78, 5) is 22.0. The largest absolute Gasteiger partial charge is 0.612 e. The van der Waals surface area contributed by atoms with E-state index in [1.54, 1.807) is 29.4 Å². The highest BCUT2D eigenvalue weighted by Gasteiger charge is 2.57. The SMILES string of the molecule is Cn1cc(NC2=NC=C([S+](C)[O-])C3C(Nc4cccc(NC(=O)/C=C/CN5CCCC5)c4)N23)cn1. The van der Waals surface area contributed by atoms with Gasteiger partial charge in [0.25, 0.3) is 0 Å². The normalized spacial score (nSPS) is 22.4. The molecule has 5 rings (SSSR count). The van der Waals surface area contributed by atoms with Crippen LogP contribution in [0.25, 0.3) is 0 Å². The van der Waals surface area contributed by atoms with Gasteiger partial charge in [0.05, 0.1) is 18.1 Å². The minimum atomic E-state index is -1.13. The Labute approximate surface area is 207 Å². The van der Waals surface area contributed by atoms with Crippen molar-refractivity contribution >= 4 is 40.1 Å². The number of carbonyl (C=O) groups is 1. The van der Waals surface area contributed by atoms with Crippen molar-refractivity contribution in [3.63, 3.8) is 0 Å². The van der Waals surface area contributed by atoms with Gasteiger partial charge in [-0.2, -0.15) is 5.10 Å². The number of aliphatic imine (C=N–C) groups is 1. The molecule has 3 unspecified atom stereocenters. The number of fused-ring (bicyclic) bond motifs is 1. The molecule has 2 saturated heterocycles. The summed E-state index contributed by atoms with van der Waals surface area (Å²) in [6.45, 7) is 3.01. The van der Waals surface area contributed by atoms with Crippen molar-refractivity contribution in [2.24, 2.45) is 12.0 Å². The molecule has 11 heteroatoms. The molecule has 3 aliphatic rings. The van der Waals surface area contributed by atoms with Gasteiger partial charge in [0.15, 0.2) is 4.91 Å². The number of benzene rings is 1. The summed E-state index contributed by atoms with van der Waals surface area (Å²) in [5.74, 6) is 0.522. The third-order valence-electron chi connectivity index (χ3n) is 6.23. The molecule has 0 saturated carbocycles. The van der Waals surface area contributed by atoms with Gasteiger partial charge in [-0.1, -0.05) is 12.1 Å². The van der Waals surface area contributed by atoms with Crippen molar-refractivity contribution < 1.29 is 9.35 Å². The van der Waals surface area contributed by atoms with Crippen LogP contribution < -0.4 is 16.0 Å². The van der Waals surface area contributed by atoms with E-state index in [0.717, 1.165) is 35.9 Å². The van der Waals surface area contributed by atoms with Crippen molar-refractivity contribution in [2.75, 3.05) is 41.8 Å². The average molecular weight is 495 g/mol. The molecule has 10 nitrogen and oxygen atoms in total. The van der Waals surface area contributed by atoms with Gasteiger partial charge in [0.2, 0.25) is 11.9 Å². The molecule has 3 N–H and O–H groups in total. The Bertz CT molecular complexity index is 1170. The number of anilines is 3. The third-order valence-corrected chi connectivity index (χ3v) is 7.24. The van der Waals surface area contributed by atoms with Crippen LogP contribution in [0.1, 0.15) is 12.8 Å². The zero-order valence-electron chi connectivity index (χ0n) is 19.8. The van der Waals surface area contributed by atoms with Gasteiger partial charge in [-0.25, -0.2) is 4.99 Å². The Morgan fingerprint density at radius 1 is 1.26 bits per heavy atom. The van der Waals surface area contributed by atoms with Gasteiger partial charge >= 0.3 is 0 Å². The van der Waals surface area contributed by atoms with Crippen LogP contribution in [0.5, 0.6) is 0 Å². The van der Waals surface area contributed by atoms with Gasteiger partial charge in [0.1, 0.15) is 18.5 Å². The second kappa shape index (κ2) is 10.1. The van der Waals surface area contributed by atoms with Gasteiger partial charge in [0, 0.05) is 37.2 Å². The van der Waals surface area contributed by atoms with Crippen molar-refractivity contribution in [2.45, 2.75) is 25.0 Å². The van der Waals surface area contributed by atoms with E-state index in [0.29, 0.717) is 11.6 Å². The van der Waals surface area contributed by atoms with Gasteiger partial charge in [-0.3, -0.25) is 14.4 Å². The standard InChI is InChI=1S/C24H30N8O2S/c1-30-16-19(14-26-30)29-24-25-15-20(35(2)34)22-23(32(22)24)28-18-8-5-7-17(13-18)27-21(33)9-6-12-31-10-3-4-11-31/h5-9,13-16,22-23,28H,3-4,10-12H2,1-2H3,(H,25,29)(H,27,33)/b9-6+. The number of carbonyl (C=O) groups excluding carboxylic acids is 1. The van der Waals surface area contributed by atoms with Gasteiger partial charge in [-0.15, -0.1) is 0 Å². The smallest absolute Gasteiger partial charge is 0.248 e. The number of nitrogens with one attached hydrogen (secondary N) is 3. The van der Waals surface area contributed by atoms with E-state index in [2.05, 4.69) is 35.8 Å². The second-order valence-electron chi connectivity index (χ2n) is 8.89. The number of aryl methyl sites for hydroxylation is 1. The minimum absolute atomic E-state index is 0.0655. The van der Waals surface area contributed by atoms with Crippen molar-refractivity contribution in [1.82, 2.24) is 19.6 Å². The number of hydrogen-bond donors (Lipinski definition) is 3. The third kappa shape index (κ3) is 5.53. The lowest BCUT2D eigenvalue weighted by molar-refractivity contribution is -0.111. The maximum absolute atomic E-state index is 12.4. The lowest BCUT2D eigenvalue weighted by Gasteiger charge is -2.15. The lowest BCUT2D eigenvalue weighted by atomic mass is 10.2. The molecule has 4 heterocycles. The summed E-state index contributed by atoms with van der Waals surface area (Å²) < 4.78 is 14.0. The van der Waals surface area contributed by atoms with Crippen LogP contribution in [0.4, 0.5) is 17.1 Å². The van der Waals surface area contributed by atoms with Crippen LogP contribution in [0.15, 0.2) is 64.9 Å². The molecule has 0 spiro atoms. The van der Waals surface area contributed by atoms with Crippen molar-refractivity contribution in [3.8, 4) is 0 Å². The molecular formula is C24H30N8O2S. The Kier molecular flexibility index (Phi) is 6.80. The quantitative estimate of drug-likeness (QED) is 0.293. The van der Waals surface area contributed by atoms with Gasteiger partial charge in [-0.05, 0) is 55.3 Å². The number of hydrogen-bond acceptors (Lipinski definition) is 8. The van der Waals surface area contributed by atoms with E-state index < -0.39 is 11.2 Å². The molecular weight excluding hydrogens is 464 g/mol. The average Bonchev–Trinajstić information content (AvgIpc) is 3.12. The molecule has 0 bridgehead atoms. The number of guanidine groups is 1. The molecule has 2 aromatic rings.